The van der Waals surface area contributed by atoms with Gasteiger partial charge in [0, 0.05) is 24.2 Å². The van der Waals surface area contributed by atoms with Gasteiger partial charge in [-0.25, -0.2) is 0 Å². The molecule has 7 nitrogen and oxygen atoms in total. The number of benzene rings is 1. The molecule has 2 aromatic rings. The first-order valence-corrected chi connectivity index (χ1v) is 6.91. The number of aromatic amines is 1. The Morgan fingerprint density at radius 2 is 2.14 bits per heavy atom. The monoisotopic (exact) mass is 287 g/mol. The first-order chi connectivity index (χ1) is 10.1. The van der Waals surface area contributed by atoms with E-state index in [-0.39, 0.29) is 5.91 Å². The maximum absolute atomic E-state index is 12.5. The van der Waals surface area contributed by atoms with Crippen LogP contribution in [-0.2, 0) is 0 Å². The van der Waals surface area contributed by atoms with Crippen LogP contribution in [0.2, 0.25) is 0 Å². The highest BCUT2D eigenvalue weighted by molar-refractivity contribution is 5.94. The van der Waals surface area contributed by atoms with E-state index >= 15 is 0 Å². The van der Waals surface area contributed by atoms with Crippen molar-refractivity contribution in [1.29, 1.82) is 0 Å². The predicted octanol–water partition coefficient (Wildman–Crippen LogP) is 0.854. The zero-order valence-corrected chi connectivity index (χ0v) is 11.8. The molecule has 0 spiro atoms. The Kier molecular flexibility index (Phi) is 3.42. The van der Waals surface area contributed by atoms with Crippen LogP contribution in [0, 0.1) is 0 Å². The Balaban J connectivity index is 1.76. The SMILES string of the molecule is CC1(O)CCCN(C(=O)c2ccc(-c3nn[nH]n3)cc2)C1. The molecule has 1 aliphatic heterocycles. The van der Waals surface area contributed by atoms with Gasteiger partial charge in [-0.2, -0.15) is 5.21 Å². The number of H-pyrrole nitrogens is 1. The third-order valence-corrected chi connectivity index (χ3v) is 3.70. The highest BCUT2D eigenvalue weighted by Gasteiger charge is 2.31. The highest BCUT2D eigenvalue weighted by atomic mass is 16.3. The van der Waals surface area contributed by atoms with Crippen LogP contribution in [0.1, 0.15) is 30.1 Å². The van der Waals surface area contributed by atoms with Gasteiger partial charge in [-0.05, 0) is 37.1 Å². The summed E-state index contributed by atoms with van der Waals surface area (Å²) in [7, 11) is 0. The van der Waals surface area contributed by atoms with E-state index in [2.05, 4.69) is 20.6 Å². The second-order valence-electron chi connectivity index (χ2n) is 5.64. The molecule has 1 aromatic carbocycles. The lowest BCUT2D eigenvalue weighted by Gasteiger charge is -2.36. The first kappa shape index (κ1) is 13.7. The fourth-order valence-corrected chi connectivity index (χ4v) is 2.62. The summed E-state index contributed by atoms with van der Waals surface area (Å²) < 4.78 is 0. The van der Waals surface area contributed by atoms with Gasteiger partial charge in [0.05, 0.1) is 5.60 Å². The molecule has 1 unspecified atom stereocenters. The molecule has 110 valence electrons. The number of aromatic nitrogens is 4. The topological polar surface area (TPSA) is 95.0 Å². The smallest absolute Gasteiger partial charge is 0.253 e. The van der Waals surface area contributed by atoms with Crippen molar-refractivity contribution in [2.45, 2.75) is 25.4 Å². The average molecular weight is 287 g/mol. The van der Waals surface area contributed by atoms with Gasteiger partial charge >= 0.3 is 0 Å². The number of carbonyl (C=O) groups is 1. The molecule has 1 amide bonds. The van der Waals surface area contributed by atoms with Crippen LogP contribution in [-0.4, -0.2) is 55.2 Å². The van der Waals surface area contributed by atoms with Crippen molar-refractivity contribution < 1.29 is 9.90 Å². The second-order valence-corrected chi connectivity index (χ2v) is 5.64. The molecule has 3 rings (SSSR count). The number of nitrogens with zero attached hydrogens (tertiary/aromatic N) is 4. The molecule has 0 radical (unpaired) electrons. The highest BCUT2D eigenvalue weighted by Crippen LogP contribution is 2.22. The van der Waals surface area contributed by atoms with Gasteiger partial charge in [-0.1, -0.05) is 12.1 Å². The summed E-state index contributed by atoms with van der Waals surface area (Å²) in [5.74, 6) is 0.435. The van der Waals surface area contributed by atoms with E-state index in [0.29, 0.717) is 24.5 Å². The van der Waals surface area contributed by atoms with Crippen molar-refractivity contribution in [3.63, 3.8) is 0 Å². The van der Waals surface area contributed by atoms with Crippen molar-refractivity contribution in [2.75, 3.05) is 13.1 Å². The van der Waals surface area contributed by atoms with Gasteiger partial charge in [-0.3, -0.25) is 4.79 Å². The molecule has 0 aliphatic carbocycles. The van der Waals surface area contributed by atoms with Crippen LogP contribution < -0.4 is 0 Å². The van der Waals surface area contributed by atoms with Crippen molar-refractivity contribution in [3.05, 3.63) is 29.8 Å². The lowest BCUT2D eigenvalue weighted by atomic mass is 9.94. The van der Waals surface area contributed by atoms with Crippen LogP contribution in [0.5, 0.6) is 0 Å². The van der Waals surface area contributed by atoms with Crippen molar-refractivity contribution in [2.24, 2.45) is 0 Å². The van der Waals surface area contributed by atoms with Crippen molar-refractivity contribution in [3.8, 4) is 11.4 Å². The van der Waals surface area contributed by atoms with Crippen molar-refractivity contribution >= 4 is 5.91 Å². The summed E-state index contributed by atoms with van der Waals surface area (Å²) in [6.45, 7) is 2.83. The Bertz CT molecular complexity index is 621. The summed E-state index contributed by atoms with van der Waals surface area (Å²) in [5.41, 5.74) is 0.601. The summed E-state index contributed by atoms with van der Waals surface area (Å²) in [5, 5.41) is 23.8. The summed E-state index contributed by atoms with van der Waals surface area (Å²) >= 11 is 0. The molecule has 0 bridgehead atoms. The lowest BCUT2D eigenvalue weighted by Crippen LogP contribution is -2.48. The molecular weight excluding hydrogens is 270 g/mol. The standard InChI is InChI=1S/C14H17N5O2/c1-14(21)7-2-8-19(9-14)13(20)11-5-3-10(4-6-11)12-15-17-18-16-12/h3-6,21H,2,7-9H2,1H3,(H,15,16,17,18). The minimum Gasteiger partial charge on any atom is -0.388 e. The van der Waals surface area contributed by atoms with Crippen LogP contribution in [0.4, 0.5) is 0 Å². The molecule has 1 aliphatic rings. The maximum atomic E-state index is 12.5. The third kappa shape index (κ3) is 2.92. The van der Waals surface area contributed by atoms with Gasteiger partial charge in [0.15, 0.2) is 0 Å². The number of nitrogens with one attached hydrogen (secondary N) is 1. The Morgan fingerprint density at radius 1 is 1.38 bits per heavy atom. The third-order valence-electron chi connectivity index (χ3n) is 3.70. The lowest BCUT2D eigenvalue weighted by molar-refractivity contribution is -0.0107. The first-order valence-electron chi connectivity index (χ1n) is 6.91. The number of hydrogen-bond donors (Lipinski definition) is 2. The number of tetrazole rings is 1. The molecule has 2 N–H and O–H groups in total. The summed E-state index contributed by atoms with van der Waals surface area (Å²) in [6, 6.07) is 7.08. The molecule has 21 heavy (non-hydrogen) atoms. The summed E-state index contributed by atoms with van der Waals surface area (Å²) in [6.07, 6.45) is 1.55. The number of β-amino-alcohol motifs (C(OH)–C–C–N with tert-alkyl or cyclic N) is 1. The molecule has 1 atom stereocenters. The molecule has 1 aromatic heterocycles. The van der Waals surface area contributed by atoms with E-state index in [1.165, 1.54) is 0 Å². The summed E-state index contributed by atoms with van der Waals surface area (Å²) in [4.78, 5) is 14.2. The number of likely N-dealkylation sites (tertiary alicyclic amines) is 1. The number of hydrogen-bond acceptors (Lipinski definition) is 5. The fraction of sp³-hybridized carbons (Fsp3) is 0.429. The average Bonchev–Trinajstić information content (AvgIpc) is 3.00. The number of amides is 1. The minimum atomic E-state index is -0.793. The van der Waals surface area contributed by atoms with Gasteiger partial charge in [-0.15, -0.1) is 10.2 Å². The van der Waals surface area contributed by atoms with E-state index in [0.717, 1.165) is 18.4 Å². The van der Waals surface area contributed by atoms with Crippen molar-refractivity contribution in [1.82, 2.24) is 25.5 Å². The van der Waals surface area contributed by atoms with Crippen LogP contribution in [0.25, 0.3) is 11.4 Å². The Labute approximate surface area is 122 Å². The predicted molar refractivity (Wildman–Crippen MR) is 75.4 cm³/mol. The molecule has 0 saturated carbocycles. The zero-order valence-electron chi connectivity index (χ0n) is 11.8. The largest absolute Gasteiger partial charge is 0.388 e. The van der Waals surface area contributed by atoms with Crippen LogP contribution in [0.3, 0.4) is 0 Å². The minimum absolute atomic E-state index is 0.0605. The number of aliphatic hydroxyl groups is 1. The second kappa shape index (κ2) is 5.25. The maximum Gasteiger partial charge on any atom is 0.253 e. The van der Waals surface area contributed by atoms with E-state index < -0.39 is 5.60 Å². The molecule has 1 fully saturated rings. The van der Waals surface area contributed by atoms with Crippen LogP contribution in [0.15, 0.2) is 24.3 Å². The van der Waals surface area contributed by atoms with Gasteiger partial charge in [0.25, 0.3) is 5.91 Å². The molecule has 2 heterocycles. The zero-order chi connectivity index (χ0) is 14.9. The normalized spacial score (nSPS) is 22.3. The fourth-order valence-electron chi connectivity index (χ4n) is 2.62. The van der Waals surface area contributed by atoms with Gasteiger partial charge in [0.1, 0.15) is 0 Å². The molecular formula is C14H17N5O2. The molecule has 7 heteroatoms. The van der Waals surface area contributed by atoms with Crippen LogP contribution >= 0.6 is 0 Å². The van der Waals surface area contributed by atoms with E-state index in [1.54, 1.807) is 36.1 Å². The Morgan fingerprint density at radius 3 is 2.76 bits per heavy atom. The number of piperidine rings is 1. The number of rotatable bonds is 2. The van der Waals surface area contributed by atoms with E-state index in [1.807, 2.05) is 0 Å². The van der Waals surface area contributed by atoms with Gasteiger partial charge < -0.3 is 10.0 Å². The molecule has 1 saturated heterocycles. The van der Waals surface area contributed by atoms with Gasteiger partial charge in [0.2, 0.25) is 5.82 Å². The quantitative estimate of drug-likeness (QED) is 0.854. The van der Waals surface area contributed by atoms with E-state index in [4.69, 9.17) is 0 Å². The number of carbonyl (C=O) groups excluding carboxylic acids is 1. The Hall–Kier alpha value is -2.28. The van der Waals surface area contributed by atoms with E-state index in [9.17, 15) is 9.90 Å².